The second-order valence-electron chi connectivity index (χ2n) is 3.47. The van der Waals surface area contributed by atoms with Crippen LogP contribution in [0.4, 0.5) is 0 Å². The van der Waals surface area contributed by atoms with Gasteiger partial charge in [-0.25, -0.2) is 0 Å². The minimum Gasteiger partial charge on any atom is -0.349 e. The van der Waals surface area contributed by atoms with Crippen LogP contribution in [0.3, 0.4) is 0 Å². The van der Waals surface area contributed by atoms with Crippen LogP contribution in [0.2, 0.25) is 0 Å². The lowest BCUT2D eigenvalue weighted by molar-refractivity contribution is -0.133. The van der Waals surface area contributed by atoms with Gasteiger partial charge < -0.3 is 10.2 Å². The second kappa shape index (κ2) is 3.22. The van der Waals surface area contributed by atoms with E-state index in [1.807, 2.05) is 14.1 Å². The highest BCUT2D eigenvalue weighted by atomic mass is 16.2. The van der Waals surface area contributed by atoms with Crippen molar-refractivity contribution in [2.75, 3.05) is 27.2 Å². The molecule has 0 aromatic heterocycles. The van der Waals surface area contributed by atoms with Gasteiger partial charge in [0.05, 0.1) is 5.92 Å². The summed E-state index contributed by atoms with van der Waals surface area (Å²) in [4.78, 5) is 13.1. The van der Waals surface area contributed by atoms with Crippen LogP contribution >= 0.6 is 0 Å². The van der Waals surface area contributed by atoms with Gasteiger partial charge in [-0.3, -0.25) is 4.79 Å². The van der Waals surface area contributed by atoms with Crippen molar-refractivity contribution in [2.24, 2.45) is 11.8 Å². The van der Waals surface area contributed by atoms with Gasteiger partial charge in [-0.05, 0) is 12.5 Å². The fourth-order valence-electron chi connectivity index (χ4n) is 1.47. The summed E-state index contributed by atoms with van der Waals surface area (Å²) >= 11 is 0. The standard InChI is InChI=1S/C8H16N2O/c1-6-4-9-5-7(6)8(11)10(2)3/h6-7,9H,4-5H2,1-3H3. The summed E-state index contributed by atoms with van der Waals surface area (Å²) in [5.74, 6) is 0.942. The van der Waals surface area contributed by atoms with Gasteiger partial charge in [0.25, 0.3) is 0 Å². The maximum absolute atomic E-state index is 11.4. The van der Waals surface area contributed by atoms with E-state index in [1.54, 1.807) is 4.90 Å². The molecule has 1 aliphatic heterocycles. The maximum atomic E-state index is 11.4. The van der Waals surface area contributed by atoms with Gasteiger partial charge in [-0.2, -0.15) is 0 Å². The van der Waals surface area contributed by atoms with E-state index < -0.39 is 0 Å². The fourth-order valence-corrected chi connectivity index (χ4v) is 1.47. The summed E-state index contributed by atoms with van der Waals surface area (Å²) in [6.45, 7) is 3.94. The average molecular weight is 156 g/mol. The van der Waals surface area contributed by atoms with Crippen molar-refractivity contribution in [3.63, 3.8) is 0 Å². The number of carbonyl (C=O) groups is 1. The van der Waals surface area contributed by atoms with Gasteiger partial charge >= 0.3 is 0 Å². The molecule has 0 aromatic rings. The summed E-state index contributed by atoms with van der Waals surface area (Å²) in [5, 5.41) is 3.21. The third-order valence-electron chi connectivity index (χ3n) is 2.28. The molecule has 2 unspecified atom stereocenters. The van der Waals surface area contributed by atoms with E-state index in [-0.39, 0.29) is 11.8 Å². The Kier molecular flexibility index (Phi) is 2.49. The Hall–Kier alpha value is -0.570. The molecular weight excluding hydrogens is 140 g/mol. The number of nitrogens with one attached hydrogen (secondary N) is 1. The van der Waals surface area contributed by atoms with E-state index >= 15 is 0 Å². The molecule has 1 aliphatic rings. The molecule has 0 bridgehead atoms. The van der Waals surface area contributed by atoms with Crippen LogP contribution in [0.15, 0.2) is 0 Å². The third-order valence-corrected chi connectivity index (χ3v) is 2.28. The topological polar surface area (TPSA) is 32.3 Å². The van der Waals surface area contributed by atoms with Crippen LogP contribution in [-0.4, -0.2) is 38.0 Å². The first-order valence-electron chi connectivity index (χ1n) is 4.05. The van der Waals surface area contributed by atoms with E-state index in [1.165, 1.54) is 0 Å². The van der Waals surface area contributed by atoms with Crippen LogP contribution in [-0.2, 0) is 4.79 Å². The van der Waals surface area contributed by atoms with Gasteiger partial charge in [0.15, 0.2) is 0 Å². The first kappa shape index (κ1) is 8.53. The summed E-state index contributed by atoms with van der Waals surface area (Å²) in [6.07, 6.45) is 0. The van der Waals surface area contributed by atoms with Crippen molar-refractivity contribution in [3.05, 3.63) is 0 Å². The predicted octanol–water partition coefficient (Wildman–Crippen LogP) is -0.0699. The fraction of sp³-hybridized carbons (Fsp3) is 0.875. The summed E-state index contributed by atoms with van der Waals surface area (Å²) in [7, 11) is 3.63. The van der Waals surface area contributed by atoms with Crippen LogP contribution in [0.5, 0.6) is 0 Å². The van der Waals surface area contributed by atoms with Crippen LogP contribution in [0, 0.1) is 11.8 Å². The van der Waals surface area contributed by atoms with Gasteiger partial charge in [-0.15, -0.1) is 0 Å². The number of hydrogen-bond acceptors (Lipinski definition) is 2. The highest BCUT2D eigenvalue weighted by molar-refractivity contribution is 5.79. The predicted molar refractivity (Wildman–Crippen MR) is 44.2 cm³/mol. The van der Waals surface area contributed by atoms with Gasteiger partial charge in [0, 0.05) is 20.6 Å². The molecule has 1 rings (SSSR count). The molecule has 3 nitrogen and oxygen atoms in total. The van der Waals surface area contributed by atoms with Gasteiger partial charge in [-0.1, -0.05) is 6.92 Å². The maximum Gasteiger partial charge on any atom is 0.226 e. The number of amides is 1. The Morgan fingerprint density at radius 2 is 2.09 bits per heavy atom. The first-order chi connectivity index (χ1) is 5.13. The lowest BCUT2D eigenvalue weighted by Crippen LogP contribution is -2.33. The zero-order valence-corrected chi connectivity index (χ0v) is 7.42. The molecule has 0 aliphatic carbocycles. The molecule has 3 heteroatoms. The molecule has 1 saturated heterocycles. The molecule has 1 N–H and O–H groups in total. The lowest BCUT2D eigenvalue weighted by Gasteiger charge is -2.18. The average Bonchev–Trinajstić information content (AvgIpc) is 2.33. The summed E-state index contributed by atoms with van der Waals surface area (Å²) in [6, 6.07) is 0. The number of hydrogen-bond donors (Lipinski definition) is 1. The van der Waals surface area contributed by atoms with E-state index in [2.05, 4.69) is 12.2 Å². The molecule has 1 fully saturated rings. The highest BCUT2D eigenvalue weighted by Gasteiger charge is 2.30. The van der Waals surface area contributed by atoms with Gasteiger partial charge in [0.1, 0.15) is 0 Å². The van der Waals surface area contributed by atoms with Crippen LogP contribution in [0.25, 0.3) is 0 Å². The summed E-state index contributed by atoms with van der Waals surface area (Å²) in [5.41, 5.74) is 0. The molecule has 0 radical (unpaired) electrons. The SMILES string of the molecule is CC1CNCC1C(=O)N(C)C. The number of nitrogens with zero attached hydrogens (tertiary/aromatic N) is 1. The van der Waals surface area contributed by atoms with Crippen LogP contribution in [0.1, 0.15) is 6.92 Å². The molecule has 0 saturated carbocycles. The van der Waals surface area contributed by atoms with E-state index in [9.17, 15) is 4.79 Å². The lowest BCUT2D eigenvalue weighted by atomic mass is 9.97. The monoisotopic (exact) mass is 156 g/mol. The van der Waals surface area contributed by atoms with Crippen molar-refractivity contribution >= 4 is 5.91 Å². The highest BCUT2D eigenvalue weighted by Crippen LogP contribution is 2.17. The number of carbonyl (C=O) groups excluding carboxylic acids is 1. The zero-order valence-electron chi connectivity index (χ0n) is 7.42. The smallest absolute Gasteiger partial charge is 0.226 e. The van der Waals surface area contributed by atoms with Gasteiger partial charge in [0.2, 0.25) is 5.91 Å². The van der Waals surface area contributed by atoms with Crippen molar-refractivity contribution in [1.29, 1.82) is 0 Å². The quantitative estimate of drug-likeness (QED) is 0.576. The Labute approximate surface area is 67.8 Å². The molecule has 2 atom stereocenters. The normalized spacial score (nSPS) is 30.5. The second-order valence-corrected chi connectivity index (χ2v) is 3.47. The Morgan fingerprint density at radius 1 is 1.45 bits per heavy atom. The molecule has 1 amide bonds. The number of rotatable bonds is 1. The van der Waals surface area contributed by atoms with Crippen LogP contribution < -0.4 is 5.32 Å². The Morgan fingerprint density at radius 3 is 2.45 bits per heavy atom. The van der Waals surface area contributed by atoms with Crippen molar-refractivity contribution < 1.29 is 4.79 Å². The molecule has 11 heavy (non-hydrogen) atoms. The minimum absolute atomic E-state index is 0.199. The first-order valence-corrected chi connectivity index (χ1v) is 4.05. The summed E-state index contributed by atoms with van der Waals surface area (Å²) < 4.78 is 0. The Bertz CT molecular complexity index is 156. The minimum atomic E-state index is 0.199. The van der Waals surface area contributed by atoms with Crippen molar-refractivity contribution in [1.82, 2.24) is 10.2 Å². The van der Waals surface area contributed by atoms with E-state index in [0.29, 0.717) is 5.92 Å². The van der Waals surface area contributed by atoms with E-state index in [0.717, 1.165) is 13.1 Å². The third kappa shape index (κ3) is 1.71. The van der Waals surface area contributed by atoms with Crippen molar-refractivity contribution in [2.45, 2.75) is 6.92 Å². The van der Waals surface area contributed by atoms with Crippen molar-refractivity contribution in [3.8, 4) is 0 Å². The Balaban J connectivity index is 2.53. The molecule has 64 valence electrons. The molecule has 0 spiro atoms. The molecular formula is C8H16N2O. The molecule has 1 heterocycles. The molecule has 0 aromatic carbocycles. The zero-order chi connectivity index (χ0) is 8.43. The largest absolute Gasteiger partial charge is 0.349 e. The van der Waals surface area contributed by atoms with E-state index in [4.69, 9.17) is 0 Å².